The summed E-state index contributed by atoms with van der Waals surface area (Å²) in [6, 6.07) is 14.8. The molecule has 3 aromatic rings. The molecule has 1 fully saturated rings. The monoisotopic (exact) mass is 445 g/mol. The number of hydrogen-bond acceptors (Lipinski definition) is 4. The van der Waals surface area contributed by atoms with Gasteiger partial charge in [-0.05, 0) is 35.6 Å². The normalized spacial score (nSPS) is 14.9. The lowest BCUT2D eigenvalue weighted by Crippen LogP contribution is -2.20. The third kappa shape index (κ3) is 5.05. The van der Waals surface area contributed by atoms with Gasteiger partial charge in [-0.3, -0.25) is 4.79 Å². The zero-order valence-electron chi connectivity index (χ0n) is 19.5. The highest BCUT2D eigenvalue weighted by atomic mass is 16.4. The largest absolute Gasteiger partial charge is 0.478 e. The fourth-order valence-electron chi connectivity index (χ4n) is 4.54. The number of hydrogen-bond donors (Lipinski definition) is 1. The summed E-state index contributed by atoms with van der Waals surface area (Å²) in [5, 5.41) is 14.1. The zero-order valence-corrected chi connectivity index (χ0v) is 19.5. The predicted octanol–water partition coefficient (Wildman–Crippen LogP) is 5.75. The molecule has 1 heterocycles. The van der Waals surface area contributed by atoms with E-state index in [1.54, 1.807) is 12.1 Å². The third-order valence-electron chi connectivity index (χ3n) is 6.29. The summed E-state index contributed by atoms with van der Waals surface area (Å²) in [6.07, 6.45) is 5.25. The van der Waals surface area contributed by atoms with Crippen molar-refractivity contribution in [3.8, 4) is 11.1 Å². The van der Waals surface area contributed by atoms with E-state index >= 15 is 0 Å². The number of carbonyl (C=O) groups is 2. The molecular weight excluding hydrogens is 414 g/mol. The molecule has 2 aromatic carbocycles. The Kier molecular flexibility index (Phi) is 6.45. The lowest BCUT2D eigenvalue weighted by molar-refractivity contribution is 0.0697. The van der Waals surface area contributed by atoms with Crippen molar-refractivity contribution in [2.45, 2.75) is 64.8 Å². The lowest BCUT2D eigenvalue weighted by Gasteiger charge is -2.18. The quantitative estimate of drug-likeness (QED) is 0.488. The first-order chi connectivity index (χ1) is 15.7. The summed E-state index contributed by atoms with van der Waals surface area (Å²) >= 11 is 0. The van der Waals surface area contributed by atoms with Gasteiger partial charge < -0.3 is 5.11 Å². The van der Waals surface area contributed by atoms with Gasteiger partial charge in [-0.15, -0.1) is 5.10 Å². The van der Waals surface area contributed by atoms with E-state index in [0.29, 0.717) is 17.9 Å². The van der Waals surface area contributed by atoms with E-state index in [9.17, 15) is 14.7 Å². The van der Waals surface area contributed by atoms with Crippen LogP contribution in [0.1, 0.15) is 85.2 Å². The summed E-state index contributed by atoms with van der Waals surface area (Å²) in [7, 11) is 0. The average molecular weight is 446 g/mol. The number of carboxylic acid groups (broad SMARTS) is 1. The van der Waals surface area contributed by atoms with Crippen LogP contribution in [0, 0.1) is 5.92 Å². The van der Waals surface area contributed by atoms with E-state index < -0.39 is 5.97 Å². The smallest absolute Gasteiger partial charge is 0.336 e. The zero-order chi connectivity index (χ0) is 23.6. The molecule has 0 saturated heterocycles. The highest BCUT2D eigenvalue weighted by Crippen LogP contribution is 2.28. The topological polar surface area (TPSA) is 85.1 Å². The second kappa shape index (κ2) is 9.30. The Morgan fingerprint density at radius 3 is 2.30 bits per heavy atom. The Balaban J connectivity index is 1.60. The number of aromatic carboxylic acids is 1. The standard InChI is InChI=1S/C27H31N3O3/c1-27(2,3)26-28-24(23(31)20-9-5-4-6-10-20)29-30(26)17-18-13-15-19(16-14-18)21-11-7-8-12-22(21)25(32)33/h7-8,11-16,20H,4-6,9-10,17H2,1-3H3,(H,32,33). The molecule has 6 heteroatoms. The van der Waals surface area contributed by atoms with Crippen LogP contribution in [0.3, 0.4) is 0 Å². The first kappa shape index (κ1) is 22.9. The molecule has 0 unspecified atom stereocenters. The van der Waals surface area contributed by atoms with Crippen molar-refractivity contribution in [2.75, 3.05) is 0 Å². The van der Waals surface area contributed by atoms with Gasteiger partial charge in [0.15, 0.2) is 0 Å². The second-order valence-electron chi connectivity index (χ2n) is 9.91. The van der Waals surface area contributed by atoms with Crippen molar-refractivity contribution in [2.24, 2.45) is 5.92 Å². The number of Topliss-reactive ketones (excluding diaryl/α,β-unsaturated/α-hetero) is 1. The van der Waals surface area contributed by atoms with Gasteiger partial charge in [-0.1, -0.05) is 82.5 Å². The molecule has 1 saturated carbocycles. The van der Waals surface area contributed by atoms with E-state index in [0.717, 1.165) is 42.6 Å². The lowest BCUT2D eigenvalue weighted by atomic mass is 9.86. The molecule has 0 radical (unpaired) electrons. The number of benzene rings is 2. The van der Waals surface area contributed by atoms with Gasteiger partial charge in [0.1, 0.15) is 5.82 Å². The molecule has 1 aromatic heterocycles. The van der Waals surface area contributed by atoms with Crippen LogP contribution < -0.4 is 0 Å². The first-order valence-electron chi connectivity index (χ1n) is 11.6. The average Bonchev–Trinajstić information content (AvgIpc) is 3.24. The van der Waals surface area contributed by atoms with Crippen LogP contribution in [0.25, 0.3) is 11.1 Å². The Morgan fingerprint density at radius 2 is 1.67 bits per heavy atom. The van der Waals surface area contributed by atoms with Crippen molar-refractivity contribution in [1.82, 2.24) is 14.8 Å². The van der Waals surface area contributed by atoms with Gasteiger partial charge in [0.2, 0.25) is 11.6 Å². The Bertz CT molecular complexity index is 1150. The SMILES string of the molecule is CC(C)(C)c1nc(C(=O)C2CCCCC2)nn1Cc1ccc(-c2ccccc2C(=O)O)cc1. The van der Waals surface area contributed by atoms with Crippen LogP contribution in [0.15, 0.2) is 48.5 Å². The molecule has 0 atom stereocenters. The van der Waals surface area contributed by atoms with Crippen LogP contribution in [-0.4, -0.2) is 31.6 Å². The van der Waals surface area contributed by atoms with Gasteiger partial charge in [0, 0.05) is 11.3 Å². The molecule has 0 bridgehead atoms. The summed E-state index contributed by atoms with van der Waals surface area (Å²) in [6.45, 7) is 6.73. The maximum Gasteiger partial charge on any atom is 0.336 e. The fourth-order valence-corrected chi connectivity index (χ4v) is 4.54. The minimum Gasteiger partial charge on any atom is -0.478 e. The van der Waals surface area contributed by atoms with Gasteiger partial charge in [0.25, 0.3) is 0 Å². The number of nitrogens with zero attached hydrogens (tertiary/aromatic N) is 3. The predicted molar refractivity (Wildman–Crippen MR) is 128 cm³/mol. The van der Waals surface area contributed by atoms with Crippen molar-refractivity contribution >= 4 is 11.8 Å². The van der Waals surface area contributed by atoms with Crippen LogP contribution in [0.5, 0.6) is 0 Å². The third-order valence-corrected chi connectivity index (χ3v) is 6.29. The van der Waals surface area contributed by atoms with Crippen LogP contribution in [-0.2, 0) is 12.0 Å². The molecule has 1 aliphatic carbocycles. The van der Waals surface area contributed by atoms with Crippen LogP contribution in [0.4, 0.5) is 0 Å². The molecule has 4 rings (SSSR count). The van der Waals surface area contributed by atoms with Gasteiger partial charge in [-0.2, -0.15) is 0 Å². The molecule has 1 aliphatic rings. The Hall–Kier alpha value is -3.28. The summed E-state index contributed by atoms with van der Waals surface area (Å²) in [5.41, 5.74) is 2.58. The number of carboxylic acids is 1. The molecule has 0 amide bonds. The van der Waals surface area contributed by atoms with Crippen LogP contribution in [0.2, 0.25) is 0 Å². The number of aromatic nitrogens is 3. The number of carbonyl (C=O) groups excluding carboxylic acids is 1. The molecule has 1 N–H and O–H groups in total. The van der Waals surface area contributed by atoms with Gasteiger partial charge in [0.05, 0.1) is 12.1 Å². The number of ketones is 1. The molecule has 172 valence electrons. The maximum atomic E-state index is 13.0. The molecule has 0 spiro atoms. The Morgan fingerprint density at radius 1 is 1.00 bits per heavy atom. The van der Waals surface area contributed by atoms with E-state index in [1.807, 2.05) is 41.1 Å². The van der Waals surface area contributed by atoms with Crippen molar-refractivity contribution in [1.29, 1.82) is 0 Å². The van der Waals surface area contributed by atoms with Crippen molar-refractivity contribution in [3.05, 3.63) is 71.3 Å². The van der Waals surface area contributed by atoms with E-state index in [-0.39, 0.29) is 22.7 Å². The van der Waals surface area contributed by atoms with Gasteiger partial charge in [-0.25, -0.2) is 14.5 Å². The van der Waals surface area contributed by atoms with Crippen molar-refractivity contribution in [3.63, 3.8) is 0 Å². The van der Waals surface area contributed by atoms with E-state index in [4.69, 9.17) is 0 Å². The molecule has 6 nitrogen and oxygen atoms in total. The van der Waals surface area contributed by atoms with E-state index in [1.165, 1.54) is 6.42 Å². The Labute approximate surface area is 194 Å². The maximum absolute atomic E-state index is 13.0. The second-order valence-corrected chi connectivity index (χ2v) is 9.91. The van der Waals surface area contributed by atoms with Crippen LogP contribution >= 0.6 is 0 Å². The highest BCUT2D eigenvalue weighted by molar-refractivity contribution is 5.96. The van der Waals surface area contributed by atoms with E-state index in [2.05, 4.69) is 30.9 Å². The summed E-state index contributed by atoms with van der Waals surface area (Å²) in [5.74, 6) is 0.290. The molecule has 0 aliphatic heterocycles. The minimum atomic E-state index is -0.942. The first-order valence-corrected chi connectivity index (χ1v) is 11.6. The summed E-state index contributed by atoms with van der Waals surface area (Å²) < 4.78 is 1.84. The van der Waals surface area contributed by atoms with Gasteiger partial charge >= 0.3 is 5.97 Å². The fraction of sp³-hybridized carbons (Fsp3) is 0.407. The molecule has 33 heavy (non-hydrogen) atoms. The summed E-state index contributed by atoms with van der Waals surface area (Å²) in [4.78, 5) is 29.3. The minimum absolute atomic E-state index is 0.0380. The molecular formula is C27H31N3O3. The highest BCUT2D eigenvalue weighted by Gasteiger charge is 2.29. The van der Waals surface area contributed by atoms with Crippen molar-refractivity contribution < 1.29 is 14.7 Å². The number of rotatable bonds is 6.